The van der Waals surface area contributed by atoms with Crippen LogP contribution in [0.25, 0.3) is 0 Å². The summed E-state index contributed by atoms with van der Waals surface area (Å²) < 4.78 is 0. The van der Waals surface area contributed by atoms with E-state index in [1.54, 1.807) is 23.1 Å². The molecular weight excluding hydrogens is 407 g/mol. The Labute approximate surface area is 183 Å². The normalized spacial score (nSPS) is 12.3. The standard InChI is InChI=1S/C23H28Cl2N2O2/c1-5-20(22(29)26-23(2,3)4)27(15-16-10-12-18(24)13-11-16)21(28)14-17-8-6-7-9-19(17)25/h6-13,20H,5,14-15H2,1-4H3,(H,26,29)/t20-/m0/s1. The van der Waals surface area contributed by atoms with Crippen LogP contribution in [0.2, 0.25) is 10.0 Å². The lowest BCUT2D eigenvalue weighted by Crippen LogP contribution is -2.53. The Kier molecular flexibility index (Phi) is 8.12. The van der Waals surface area contributed by atoms with Crippen LogP contribution in [-0.2, 0) is 22.6 Å². The van der Waals surface area contributed by atoms with Crippen molar-refractivity contribution in [2.24, 2.45) is 0 Å². The SMILES string of the molecule is CC[C@@H](C(=O)NC(C)(C)C)N(Cc1ccc(Cl)cc1)C(=O)Cc1ccccc1Cl. The Balaban J connectivity index is 2.32. The van der Waals surface area contributed by atoms with E-state index in [-0.39, 0.29) is 23.8 Å². The molecule has 6 heteroatoms. The van der Waals surface area contributed by atoms with E-state index in [1.165, 1.54) is 0 Å². The maximum absolute atomic E-state index is 13.3. The lowest BCUT2D eigenvalue weighted by atomic mass is 10.0. The first-order valence-electron chi connectivity index (χ1n) is 9.70. The van der Waals surface area contributed by atoms with Crippen LogP contribution in [0.15, 0.2) is 48.5 Å². The number of carbonyl (C=O) groups is 2. The molecule has 0 saturated heterocycles. The van der Waals surface area contributed by atoms with Crippen LogP contribution < -0.4 is 5.32 Å². The number of nitrogens with one attached hydrogen (secondary N) is 1. The minimum absolute atomic E-state index is 0.132. The van der Waals surface area contributed by atoms with Crippen LogP contribution in [0.1, 0.15) is 45.2 Å². The van der Waals surface area contributed by atoms with Crippen molar-refractivity contribution in [1.82, 2.24) is 10.2 Å². The summed E-state index contributed by atoms with van der Waals surface area (Å²) >= 11 is 12.2. The zero-order valence-corrected chi connectivity index (χ0v) is 18.8. The maximum atomic E-state index is 13.3. The lowest BCUT2D eigenvalue weighted by Gasteiger charge is -2.33. The van der Waals surface area contributed by atoms with Gasteiger partial charge in [-0.3, -0.25) is 9.59 Å². The average Bonchev–Trinajstić information content (AvgIpc) is 2.63. The Morgan fingerprint density at radius 2 is 1.66 bits per heavy atom. The van der Waals surface area contributed by atoms with E-state index < -0.39 is 6.04 Å². The second kappa shape index (κ2) is 10.1. The van der Waals surface area contributed by atoms with Crippen LogP contribution in [0.3, 0.4) is 0 Å². The fourth-order valence-corrected chi connectivity index (χ4v) is 3.39. The van der Waals surface area contributed by atoms with Crippen LogP contribution in [-0.4, -0.2) is 28.3 Å². The number of halogens is 2. The molecule has 0 aliphatic heterocycles. The highest BCUT2D eigenvalue weighted by Gasteiger charge is 2.30. The molecule has 0 aliphatic rings. The van der Waals surface area contributed by atoms with Crippen molar-refractivity contribution in [3.05, 3.63) is 69.7 Å². The van der Waals surface area contributed by atoms with Gasteiger partial charge in [0.15, 0.2) is 0 Å². The van der Waals surface area contributed by atoms with Crippen LogP contribution >= 0.6 is 23.2 Å². The topological polar surface area (TPSA) is 49.4 Å². The summed E-state index contributed by atoms with van der Waals surface area (Å²) in [7, 11) is 0. The van der Waals surface area contributed by atoms with Gasteiger partial charge in [-0.1, -0.05) is 60.5 Å². The number of rotatable bonds is 7. The summed E-state index contributed by atoms with van der Waals surface area (Å²) in [5.41, 5.74) is 1.26. The van der Waals surface area contributed by atoms with Gasteiger partial charge in [0.2, 0.25) is 11.8 Å². The summed E-state index contributed by atoms with van der Waals surface area (Å²) in [6.07, 6.45) is 0.635. The van der Waals surface area contributed by atoms with E-state index >= 15 is 0 Å². The van der Waals surface area contributed by atoms with Gasteiger partial charge in [-0.2, -0.15) is 0 Å². The molecule has 0 saturated carbocycles. The molecule has 0 bridgehead atoms. The third kappa shape index (κ3) is 7.06. The largest absolute Gasteiger partial charge is 0.350 e. The predicted octanol–water partition coefficient (Wildman–Crippen LogP) is 5.26. The first-order chi connectivity index (χ1) is 13.6. The van der Waals surface area contributed by atoms with Crippen LogP contribution in [0.4, 0.5) is 0 Å². The third-order valence-electron chi connectivity index (χ3n) is 4.45. The molecule has 0 radical (unpaired) electrons. The van der Waals surface area contributed by atoms with E-state index in [4.69, 9.17) is 23.2 Å². The smallest absolute Gasteiger partial charge is 0.243 e. The van der Waals surface area contributed by atoms with Crippen LogP contribution in [0.5, 0.6) is 0 Å². The Bertz CT molecular complexity index is 845. The molecule has 0 fully saturated rings. The maximum Gasteiger partial charge on any atom is 0.243 e. The van der Waals surface area contributed by atoms with Crippen LogP contribution in [0, 0.1) is 0 Å². The lowest BCUT2D eigenvalue weighted by molar-refractivity contribution is -0.141. The molecule has 1 atom stereocenters. The Morgan fingerprint density at radius 3 is 2.21 bits per heavy atom. The molecule has 4 nitrogen and oxygen atoms in total. The van der Waals surface area contributed by atoms with Gasteiger partial charge < -0.3 is 10.2 Å². The first-order valence-corrected chi connectivity index (χ1v) is 10.5. The van der Waals surface area contributed by atoms with Gasteiger partial charge in [0.05, 0.1) is 6.42 Å². The summed E-state index contributed by atoms with van der Waals surface area (Å²) in [5, 5.41) is 4.16. The second-order valence-electron chi connectivity index (χ2n) is 8.08. The Morgan fingerprint density at radius 1 is 1.03 bits per heavy atom. The molecule has 2 amide bonds. The molecule has 2 rings (SSSR count). The van der Waals surface area contributed by atoms with E-state index in [2.05, 4.69) is 5.32 Å². The molecule has 0 aromatic heterocycles. The van der Waals surface area contributed by atoms with Crippen molar-refractivity contribution < 1.29 is 9.59 Å². The highest BCUT2D eigenvalue weighted by molar-refractivity contribution is 6.31. The number of hydrogen-bond acceptors (Lipinski definition) is 2. The summed E-state index contributed by atoms with van der Waals surface area (Å²) in [6, 6.07) is 14.0. The number of amides is 2. The van der Waals surface area contributed by atoms with Gasteiger partial charge >= 0.3 is 0 Å². The highest BCUT2D eigenvalue weighted by Crippen LogP contribution is 2.20. The molecule has 2 aromatic rings. The molecular formula is C23H28Cl2N2O2. The van der Waals surface area contributed by atoms with Gasteiger partial charge in [0.25, 0.3) is 0 Å². The average molecular weight is 435 g/mol. The van der Waals surface area contributed by atoms with Crippen molar-refractivity contribution >= 4 is 35.0 Å². The zero-order chi connectivity index (χ0) is 21.6. The van der Waals surface area contributed by atoms with Gasteiger partial charge in [0.1, 0.15) is 6.04 Å². The van der Waals surface area contributed by atoms with Crippen molar-refractivity contribution in [2.75, 3.05) is 0 Å². The van der Waals surface area contributed by atoms with Gasteiger partial charge in [-0.05, 0) is 56.5 Å². The van der Waals surface area contributed by atoms with E-state index in [9.17, 15) is 9.59 Å². The van der Waals surface area contributed by atoms with Crippen molar-refractivity contribution in [3.8, 4) is 0 Å². The molecule has 29 heavy (non-hydrogen) atoms. The summed E-state index contributed by atoms with van der Waals surface area (Å²) in [5.74, 6) is -0.314. The number of benzene rings is 2. The third-order valence-corrected chi connectivity index (χ3v) is 5.07. The fourth-order valence-electron chi connectivity index (χ4n) is 3.07. The monoisotopic (exact) mass is 434 g/mol. The molecule has 2 aromatic carbocycles. The molecule has 0 aliphatic carbocycles. The summed E-state index contributed by atoms with van der Waals surface area (Å²) in [4.78, 5) is 27.8. The van der Waals surface area contributed by atoms with Gasteiger partial charge in [0, 0.05) is 22.1 Å². The molecule has 0 spiro atoms. The van der Waals surface area contributed by atoms with Gasteiger partial charge in [-0.25, -0.2) is 0 Å². The fraction of sp³-hybridized carbons (Fsp3) is 0.391. The quantitative estimate of drug-likeness (QED) is 0.645. The second-order valence-corrected chi connectivity index (χ2v) is 8.92. The zero-order valence-electron chi connectivity index (χ0n) is 17.3. The number of hydrogen-bond donors (Lipinski definition) is 1. The highest BCUT2D eigenvalue weighted by atomic mass is 35.5. The molecule has 156 valence electrons. The van der Waals surface area contributed by atoms with Gasteiger partial charge in [-0.15, -0.1) is 0 Å². The van der Waals surface area contributed by atoms with E-state index in [1.807, 2.05) is 58.0 Å². The number of carbonyl (C=O) groups excluding carboxylic acids is 2. The van der Waals surface area contributed by atoms with E-state index in [0.717, 1.165) is 11.1 Å². The number of nitrogens with zero attached hydrogens (tertiary/aromatic N) is 1. The van der Waals surface area contributed by atoms with E-state index in [0.29, 0.717) is 23.0 Å². The Hall–Kier alpha value is -2.04. The first kappa shape index (κ1) is 23.2. The summed E-state index contributed by atoms with van der Waals surface area (Å²) in [6.45, 7) is 7.99. The minimum Gasteiger partial charge on any atom is -0.350 e. The van der Waals surface area contributed by atoms with Crippen molar-refractivity contribution in [2.45, 2.75) is 58.7 Å². The minimum atomic E-state index is -0.583. The molecule has 1 N–H and O–H groups in total. The van der Waals surface area contributed by atoms with Crippen molar-refractivity contribution in [3.63, 3.8) is 0 Å². The van der Waals surface area contributed by atoms with Crippen molar-refractivity contribution in [1.29, 1.82) is 0 Å². The predicted molar refractivity (Wildman–Crippen MR) is 119 cm³/mol. The molecule has 0 heterocycles. The molecule has 0 unspecified atom stereocenters.